The molecule has 0 aliphatic carbocycles. The van der Waals surface area contributed by atoms with Crippen LogP contribution in [0.15, 0.2) is 30.3 Å². The first-order valence-corrected chi connectivity index (χ1v) is 8.46. The van der Waals surface area contributed by atoms with Gasteiger partial charge in [0.25, 0.3) is 5.91 Å². The van der Waals surface area contributed by atoms with Crippen LogP contribution in [0.4, 0.5) is 0 Å². The van der Waals surface area contributed by atoms with Gasteiger partial charge < -0.3 is 10.4 Å². The maximum Gasteiger partial charge on any atom is 0.303 e. The summed E-state index contributed by atoms with van der Waals surface area (Å²) in [6.45, 7) is 2.62. The molecule has 1 aliphatic rings. The third kappa shape index (κ3) is 6.89. The fourth-order valence-corrected chi connectivity index (χ4v) is 3.08. The summed E-state index contributed by atoms with van der Waals surface area (Å²) in [4.78, 5) is 25.1. The predicted octanol–water partition coefficient (Wildman–Crippen LogP) is 2.95. The molecule has 2 N–H and O–H groups in total. The molecule has 0 bridgehead atoms. The Labute approximate surface area is 149 Å². The van der Waals surface area contributed by atoms with Crippen LogP contribution < -0.4 is 5.32 Å². The van der Waals surface area contributed by atoms with Crippen LogP contribution in [0.1, 0.15) is 48.9 Å². The van der Waals surface area contributed by atoms with Gasteiger partial charge in [0, 0.05) is 24.6 Å². The highest BCUT2D eigenvalue weighted by molar-refractivity contribution is 5.94. The standard InChI is InChI=1S/C18H26N2O3.ClH/c21-17(22)11-5-7-13-20-12-6-4-10-16(20)14-19-18(23)15-8-2-1-3-9-15;/h1-3,8-9,16H,4-7,10-14H2,(H,19,23)(H,21,22);1H. The van der Waals surface area contributed by atoms with Gasteiger partial charge in [-0.25, -0.2) is 0 Å². The molecule has 1 unspecified atom stereocenters. The number of hydrogen-bond donors (Lipinski definition) is 2. The highest BCUT2D eigenvalue weighted by atomic mass is 35.5. The van der Waals surface area contributed by atoms with E-state index in [1.54, 1.807) is 0 Å². The van der Waals surface area contributed by atoms with Crippen molar-refractivity contribution in [2.45, 2.75) is 44.6 Å². The van der Waals surface area contributed by atoms with Gasteiger partial charge in [-0.05, 0) is 50.9 Å². The van der Waals surface area contributed by atoms with Crippen LogP contribution in [0, 0.1) is 0 Å². The van der Waals surface area contributed by atoms with E-state index in [-0.39, 0.29) is 24.7 Å². The molecule has 1 saturated heterocycles. The molecule has 1 amide bonds. The first-order chi connectivity index (χ1) is 11.2. The van der Waals surface area contributed by atoms with Crippen LogP contribution in [-0.2, 0) is 4.79 Å². The lowest BCUT2D eigenvalue weighted by Crippen LogP contribution is -2.47. The number of nitrogens with one attached hydrogen (secondary N) is 1. The Hall–Kier alpha value is -1.59. The number of carboxylic acids is 1. The molecule has 0 spiro atoms. The summed E-state index contributed by atoms with van der Waals surface area (Å²) in [7, 11) is 0. The topological polar surface area (TPSA) is 69.6 Å². The van der Waals surface area contributed by atoms with Gasteiger partial charge in [-0.15, -0.1) is 12.4 Å². The largest absolute Gasteiger partial charge is 0.481 e. The molecule has 24 heavy (non-hydrogen) atoms. The van der Waals surface area contributed by atoms with E-state index in [9.17, 15) is 9.59 Å². The number of carbonyl (C=O) groups excluding carboxylic acids is 1. The smallest absolute Gasteiger partial charge is 0.303 e. The third-order valence-electron chi connectivity index (χ3n) is 4.37. The number of amides is 1. The number of hydrogen-bond acceptors (Lipinski definition) is 3. The number of rotatable bonds is 8. The maximum absolute atomic E-state index is 12.1. The molecule has 134 valence electrons. The molecule has 1 aromatic carbocycles. The lowest BCUT2D eigenvalue weighted by Gasteiger charge is -2.35. The van der Waals surface area contributed by atoms with E-state index in [1.165, 1.54) is 12.8 Å². The van der Waals surface area contributed by atoms with Gasteiger partial charge in [0.1, 0.15) is 0 Å². The molecule has 0 aromatic heterocycles. The zero-order valence-electron chi connectivity index (χ0n) is 13.9. The summed E-state index contributed by atoms with van der Waals surface area (Å²) in [5.74, 6) is -0.752. The minimum atomic E-state index is -0.727. The number of aliphatic carboxylic acids is 1. The molecule has 6 heteroatoms. The molecule has 1 heterocycles. The van der Waals surface area contributed by atoms with E-state index in [2.05, 4.69) is 10.2 Å². The summed E-state index contributed by atoms with van der Waals surface area (Å²) in [5.41, 5.74) is 0.691. The average Bonchev–Trinajstić information content (AvgIpc) is 2.58. The zero-order valence-corrected chi connectivity index (χ0v) is 14.8. The van der Waals surface area contributed by atoms with Crippen molar-refractivity contribution < 1.29 is 14.7 Å². The summed E-state index contributed by atoms with van der Waals surface area (Å²) in [5, 5.41) is 11.7. The van der Waals surface area contributed by atoms with E-state index >= 15 is 0 Å². The second-order valence-electron chi connectivity index (χ2n) is 6.11. The van der Waals surface area contributed by atoms with Crippen molar-refractivity contribution >= 4 is 24.3 Å². The number of nitrogens with zero attached hydrogens (tertiary/aromatic N) is 1. The molecule has 1 atom stereocenters. The number of benzene rings is 1. The van der Waals surface area contributed by atoms with Crippen molar-refractivity contribution in [1.82, 2.24) is 10.2 Å². The van der Waals surface area contributed by atoms with Gasteiger partial charge in [0.05, 0.1) is 0 Å². The van der Waals surface area contributed by atoms with Crippen molar-refractivity contribution in [2.75, 3.05) is 19.6 Å². The van der Waals surface area contributed by atoms with Gasteiger partial charge in [0.2, 0.25) is 0 Å². The van der Waals surface area contributed by atoms with Crippen LogP contribution in [-0.4, -0.2) is 47.6 Å². The number of carbonyl (C=O) groups is 2. The quantitative estimate of drug-likeness (QED) is 0.704. The maximum atomic E-state index is 12.1. The van der Waals surface area contributed by atoms with Gasteiger partial charge in [0.15, 0.2) is 0 Å². The number of piperidine rings is 1. The average molecular weight is 355 g/mol. The Morgan fingerprint density at radius 3 is 2.62 bits per heavy atom. The predicted molar refractivity (Wildman–Crippen MR) is 96.7 cm³/mol. The Balaban J connectivity index is 0.00000288. The fourth-order valence-electron chi connectivity index (χ4n) is 3.08. The van der Waals surface area contributed by atoms with Gasteiger partial charge >= 0.3 is 5.97 Å². The molecule has 1 aromatic rings. The van der Waals surface area contributed by atoms with E-state index in [1.807, 2.05) is 30.3 Å². The Kier molecular flexibility index (Phi) is 9.42. The van der Waals surface area contributed by atoms with Gasteiger partial charge in [-0.2, -0.15) is 0 Å². The number of unbranched alkanes of at least 4 members (excludes halogenated alkanes) is 1. The molecule has 2 rings (SSSR count). The fraction of sp³-hybridized carbons (Fsp3) is 0.556. The van der Waals surface area contributed by atoms with Crippen molar-refractivity contribution in [3.8, 4) is 0 Å². The van der Waals surface area contributed by atoms with Crippen LogP contribution >= 0.6 is 12.4 Å². The van der Waals surface area contributed by atoms with Crippen LogP contribution in [0.5, 0.6) is 0 Å². The highest BCUT2D eigenvalue weighted by Gasteiger charge is 2.22. The van der Waals surface area contributed by atoms with Crippen molar-refractivity contribution in [2.24, 2.45) is 0 Å². The molecular formula is C18H27ClN2O3. The number of likely N-dealkylation sites (tertiary alicyclic amines) is 1. The lowest BCUT2D eigenvalue weighted by atomic mass is 10.0. The number of halogens is 1. The summed E-state index contributed by atoms with van der Waals surface area (Å²) in [6, 6.07) is 9.63. The normalized spacial score (nSPS) is 17.8. The van der Waals surface area contributed by atoms with Gasteiger partial charge in [-0.1, -0.05) is 24.6 Å². The zero-order chi connectivity index (χ0) is 16.5. The van der Waals surface area contributed by atoms with Crippen molar-refractivity contribution in [1.29, 1.82) is 0 Å². The minimum Gasteiger partial charge on any atom is -0.481 e. The Morgan fingerprint density at radius 1 is 1.17 bits per heavy atom. The third-order valence-corrected chi connectivity index (χ3v) is 4.37. The Bertz CT molecular complexity index is 510. The Morgan fingerprint density at radius 2 is 1.92 bits per heavy atom. The van der Waals surface area contributed by atoms with E-state index < -0.39 is 5.97 Å². The minimum absolute atomic E-state index is 0. The second-order valence-corrected chi connectivity index (χ2v) is 6.11. The molecule has 1 aliphatic heterocycles. The van der Waals surface area contributed by atoms with E-state index in [4.69, 9.17) is 5.11 Å². The second kappa shape index (κ2) is 11.0. The molecule has 5 nitrogen and oxygen atoms in total. The van der Waals surface area contributed by atoms with Crippen LogP contribution in [0.2, 0.25) is 0 Å². The molecule has 0 saturated carbocycles. The lowest BCUT2D eigenvalue weighted by molar-refractivity contribution is -0.137. The summed E-state index contributed by atoms with van der Waals surface area (Å²) in [6.07, 6.45) is 5.32. The van der Waals surface area contributed by atoms with Crippen molar-refractivity contribution in [3.63, 3.8) is 0 Å². The van der Waals surface area contributed by atoms with Crippen molar-refractivity contribution in [3.05, 3.63) is 35.9 Å². The molecule has 0 radical (unpaired) electrons. The van der Waals surface area contributed by atoms with E-state index in [0.29, 0.717) is 18.2 Å². The molecular weight excluding hydrogens is 328 g/mol. The van der Waals surface area contributed by atoms with E-state index in [0.717, 1.165) is 32.4 Å². The SMILES string of the molecule is Cl.O=C(O)CCCCN1CCCCC1CNC(=O)c1ccccc1. The van der Waals surface area contributed by atoms with Crippen LogP contribution in [0.25, 0.3) is 0 Å². The number of carboxylic acid groups (broad SMARTS) is 1. The van der Waals surface area contributed by atoms with Crippen LogP contribution in [0.3, 0.4) is 0 Å². The first-order valence-electron chi connectivity index (χ1n) is 8.46. The van der Waals surface area contributed by atoms with Gasteiger partial charge in [-0.3, -0.25) is 14.5 Å². The first kappa shape index (κ1) is 20.5. The summed E-state index contributed by atoms with van der Waals surface area (Å²) >= 11 is 0. The highest BCUT2D eigenvalue weighted by Crippen LogP contribution is 2.17. The monoisotopic (exact) mass is 354 g/mol. The summed E-state index contributed by atoms with van der Waals surface area (Å²) < 4.78 is 0. The molecule has 1 fully saturated rings.